The third-order valence-electron chi connectivity index (χ3n) is 3.69. The number of ether oxygens (including phenoxy) is 2. The first-order valence-electron chi connectivity index (χ1n) is 8.29. The van der Waals surface area contributed by atoms with E-state index in [1.54, 1.807) is 26.3 Å². The molecule has 0 radical (unpaired) electrons. The van der Waals surface area contributed by atoms with Crippen LogP contribution in [0.15, 0.2) is 30.5 Å². The lowest BCUT2D eigenvalue weighted by Gasteiger charge is -2.14. The molecule has 2 rings (SSSR count). The van der Waals surface area contributed by atoms with E-state index in [0.29, 0.717) is 30.3 Å². The van der Waals surface area contributed by atoms with Gasteiger partial charge in [-0.25, -0.2) is 4.79 Å². The number of carboxylic acids is 1. The molecule has 0 saturated carbocycles. The molecule has 2 aromatic rings. The molecule has 0 aliphatic rings. The van der Waals surface area contributed by atoms with Gasteiger partial charge in [-0.3, -0.25) is 9.78 Å². The number of methoxy groups -OCH3 is 1. The van der Waals surface area contributed by atoms with Crippen molar-refractivity contribution in [1.29, 1.82) is 0 Å². The number of hydrogen-bond acceptors (Lipinski definition) is 5. The van der Waals surface area contributed by atoms with Crippen LogP contribution in [0.4, 0.5) is 0 Å². The van der Waals surface area contributed by atoms with Gasteiger partial charge in [-0.05, 0) is 43.5 Å². The molecule has 140 valence electrons. The molecule has 6 nitrogen and oxygen atoms in total. The minimum atomic E-state index is -0.947. The lowest BCUT2D eigenvalue weighted by molar-refractivity contribution is -0.128. The van der Waals surface area contributed by atoms with E-state index >= 15 is 0 Å². The highest BCUT2D eigenvalue weighted by Gasteiger charge is 2.17. The SMILES string of the molecule is CCOC=O.COc1cnc(C)cc1-c1cc(C(C)C)ccc1C(=O)O. The number of aryl methyl sites for hydroxylation is 1. The van der Waals surface area contributed by atoms with Crippen LogP contribution >= 0.6 is 0 Å². The lowest BCUT2D eigenvalue weighted by atomic mass is 9.93. The van der Waals surface area contributed by atoms with E-state index in [0.717, 1.165) is 16.8 Å². The van der Waals surface area contributed by atoms with E-state index in [9.17, 15) is 14.7 Å². The number of rotatable bonds is 6. The zero-order valence-electron chi connectivity index (χ0n) is 15.8. The van der Waals surface area contributed by atoms with E-state index in [1.165, 1.54) is 0 Å². The summed E-state index contributed by atoms with van der Waals surface area (Å²) in [5.74, 6) is -0.0543. The van der Waals surface area contributed by atoms with Crippen molar-refractivity contribution in [2.24, 2.45) is 0 Å². The molecule has 1 N–H and O–H groups in total. The number of benzene rings is 1. The quantitative estimate of drug-likeness (QED) is 0.783. The monoisotopic (exact) mass is 359 g/mol. The maximum Gasteiger partial charge on any atom is 0.336 e. The number of nitrogens with zero attached hydrogens (tertiary/aromatic N) is 1. The molecule has 1 aromatic heterocycles. The molecule has 6 heteroatoms. The molecular formula is C20H25NO5. The Hall–Kier alpha value is -2.89. The molecule has 0 bridgehead atoms. The van der Waals surface area contributed by atoms with Crippen molar-refractivity contribution in [1.82, 2.24) is 4.98 Å². The number of pyridine rings is 1. The predicted molar refractivity (Wildman–Crippen MR) is 99.7 cm³/mol. The number of aromatic nitrogens is 1. The Kier molecular flexibility index (Phi) is 8.28. The predicted octanol–water partition coefficient (Wildman–Crippen LogP) is 4.07. The normalized spacial score (nSPS) is 9.92. The van der Waals surface area contributed by atoms with Crippen molar-refractivity contribution < 1.29 is 24.2 Å². The van der Waals surface area contributed by atoms with Crippen molar-refractivity contribution in [3.63, 3.8) is 0 Å². The van der Waals surface area contributed by atoms with Gasteiger partial charge < -0.3 is 14.6 Å². The molecule has 0 spiro atoms. The van der Waals surface area contributed by atoms with Crippen LogP contribution in [-0.4, -0.2) is 36.2 Å². The van der Waals surface area contributed by atoms with Crippen molar-refractivity contribution in [3.8, 4) is 16.9 Å². The highest BCUT2D eigenvalue weighted by molar-refractivity contribution is 5.97. The van der Waals surface area contributed by atoms with Crippen molar-refractivity contribution in [3.05, 3.63) is 47.3 Å². The number of carbonyl (C=O) groups is 2. The van der Waals surface area contributed by atoms with Gasteiger partial charge >= 0.3 is 5.97 Å². The van der Waals surface area contributed by atoms with Crippen LogP contribution in [0, 0.1) is 6.92 Å². The maximum absolute atomic E-state index is 11.5. The summed E-state index contributed by atoms with van der Waals surface area (Å²) in [7, 11) is 1.56. The third kappa shape index (κ3) is 5.58. The Labute approximate surface area is 153 Å². The number of hydrogen-bond donors (Lipinski definition) is 1. The summed E-state index contributed by atoms with van der Waals surface area (Å²) < 4.78 is 9.49. The molecular weight excluding hydrogens is 334 g/mol. The average Bonchev–Trinajstić information content (AvgIpc) is 2.62. The van der Waals surface area contributed by atoms with Crippen LogP contribution in [0.5, 0.6) is 5.75 Å². The third-order valence-corrected chi connectivity index (χ3v) is 3.69. The smallest absolute Gasteiger partial charge is 0.336 e. The summed E-state index contributed by atoms with van der Waals surface area (Å²) in [5.41, 5.74) is 3.59. The summed E-state index contributed by atoms with van der Waals surface area (Å²) in [5, 5.41) is 9.43. The van der Waals surface area contributed by atoms with Crippen LogP contribution < -0.4 is 4.74 Å². The number of aromatic carboxylic acids is 1. The van der Waals surface area contributed by atoms with E-state index in [-0.39, 0.29) is 5.56 Å². The van der Waals surface area contributed by atoms with Crippen molar-refractivity contribution in [2.75, 3.05) is 13.7 Å². The first-order chi connectivity index (χ1) is 12.3. The molecule has 0 fully saturated rings. The number of carboxylic acid groups (broad SMARTS) is 1. The zero-order valence-corrected chi connectivity index (χ0v) is 15.8. The summed E-state index contributed by atoms with van der Waals surface area (Å²) in [6.07, 6.45) is 1.62. The fourth-order valence-electron chi connectivity index (χ4n) is 2.32. The topological polar surface area (TPSA) is 85.7 Å². The van der Waals surface area contributed by atoms with Crippen molar-refractivity contribution >= 4 is 12.4 Å². The molecule has 1 aromatic carbocycles. The molecule has 0 amide bonds. The highest BCUT2D eigenvalue weighted by Crippen LogP contribution is 2.34. The second-order valence-electron chi connectivity index (χ2n) is 5.84. The van der Waals surface area contributed by atoms with E-state index in [4.69, 9.17) is 4.74 Å². The maximum atomic E-state index is 11.5. The fraction of sp³-hybridized carbons (Fsp3) is 0.350. The lowest BCUT2D eigenvalue weighted by Crippen LogP contribution is -2.03. The van der Waals surface area contributed by atoms with Gasteiger partial charge in [-0.2, -0.15) is 0 Å². The van der Waals surface area contributed by atoms with Crippen LogP contribution in [-0.2, 0) is 9.53 Å². The summed E-state index contributed by atoms with van der Waals surface area (Å²) >= 11 is 0. The van der Waals surface area contributed by atoms with Gasteiger partial charge in [0, 0.05) is 16.8 Å². The Balaban J connectivity index is 0.000000597. The fourth-order valence-corrected chi connectivity index (χ4v) is 2.32. The average molecular weight is 359 g/mol. The summed E-state index contributed by atoms with van der Waals surface area (Å²) in [6.45, 7) is 8.69. The van der Waals surface area contributed by atoms with E-state index in [1.807, 2.05) is 25.1 Å². The molecule has 0 aliphatic carbocycles. The Morgan fingerprint density at radius 2 is 1.96 bits per heavy atom. The van der Waals surface area contributed by atoms with Gasteiger partial charge in [0.25, 0.3) is 6.47 Å². The van der Waals surface area contributed by atoms with Gasteiger partial charge in [0.2, 0.25) is 0 Å². The molecule has 0 aliphatic heterocycles. The van der Waals surface area contributed by atoms with Crippen LogP contribution in [0.1, 0.15) is 48.3 Å². The highest BCUT2D eigenvalue weighted by atomic mass is 16.5. The van der Waals surface area contributed by atoms with E-state index in [2.05, 4.69) is 23.6 Å². The van der Waals surface area contributed by atoms with Crippen molar-refractivity contribution in [2.45, 2.75) is 33.6 Å². The van der Waals surface area contributed by atoms with E-state index < -0.39 is 5.97 Å². The Bertz CT molecular complexity index is 756. The van der Waals surface area contributed by atoms with Gasteiger partial charge in [0.15, 0.2) is 0 Å². The first-order valence-corrected chi connectivity index (χ1v) is 8.29. The molecule has 0 saturated heterocycles. The van der Waals surface area contributed by atoms with Crippen LogP contribution in [0.25, 0.3) is 11.1 Å². The van der Waals surface area contributed by atoms with Gasteiger partial charge in [0.05, 0.1) is 25.5 Å². The molecule has 0 atom stereocenters. The second kappa shape index (κ2) is 10.2. The zero-order chi connectivity index (χ0) is 19.7. The molecule has 26 heavy (non-hydrogen) atoms. The summed E-state index contributed by atoms with van der Waals surface area (Å²) in [6, 6.07) is 7.29. The largest absolute Gasteiger partial charge is 0.494 e. The Morgan fingerprint density at radius 1 is 1.27 bits per heavy atom. The van der Waals surface area contributed by atoms with Crippen LogP contribution in [0.3, 0.4) is 0 Å². The standard InChI is InChI=1S/C17H19NO3.C3H6O2/c1-10(2)12-5-6-13(17(19)20)14(8-12)15-7-11(3)18-9-16(15)21-4;1-2-5-3-4/h5-10H,1-4H3,(H,19,20);3H,2H2,1H3. The minimum Gasteiger partial charge on any atom is -0.494 e. The van der Waals surface area contributed by atoms with Gasteiger partial charge in [-0.1, -0.05) is 19.9 Å². The van der Waals surface area contributed by atoms with Crippen LogP contribution in [0.2, 0.25) is 0 Å². The summed E-state index contributed by atoms with van der Waals surface area (Å²) in [4.78, 5) is 24.9. The first kappa shape index (κ1) is 21.2. The second-order valence-corrected chi connectivity index (χ2v) is 5.84. The van der Waals surface area contributed by atoms with Gasteiger partial charge in [0.1, 0.15) is 5.75 Å². The minimum absolute atomic E-state index is 0.267. The van der Waals surface area contributed by atoms with Gasteiger partial charge in [-0.15, -0.1) is 0 Å². The molecule has 1 heterocycles. The Morgan fingerprint density at radius 3 is 2.42 bits per heavy atom. The number of carbonyl (C=O) groups excluding carboxylic acids is 1. The molecule has 0 unspecified atom stereocenters.